The molecule has 2 aliphatic rings. The van der Waals surface area contributed by atoms with Crippen molar-refractivity contribution in [3.8, 4) is 0 Å². The summed E-state index contributed by atoms with van der Waals surface area (Å²) in [5.74, 6) is 0. The van der Waals surface area contributed by atoms with E-state index in [1.54, 1.807) is 0 Å². The molecule has 1 heterocycles. The van der Waals surface area contributed by atoms with E-state index < -0.39 is 0 Å². The lowest BCUT2D eigenvalue weighted by atomic mass is 9.98. The minimum absolute atomic E-state index is 0.0180. The minimum Gasteiger partial charge on any atom is -0.394 e. The maximum absolute atomic E-state index is 9.61. The maximum atomic E-state index is 9.61. The van der Waals surface area contributed by atoms with E-state index in [2.05, 4.69) is 35.5 Å². The number of rotatable bonds is 4. The molecule has 1 aromatic rings. The fraction of sp³-hybridized carbons (Fsp3) is 0.625. The van der Waals surface area contributed by atoms with Gasteiger partial charge in [-0.2, -0.15) is 0 Å². The van der Waals surface area contributed by atoms with Crippen LogP contribution in [0.15, 0.2) is 18.2 Å². The molecule has 1 aromatic carbocycles. The predicted molar refractivity (Wildman–Crippen MR) is 78.5 cm³/mol. The summed E-state index contributed by atoms with van der Waals surface area (Å²) in [7, 11) is 2.16. The molecule has 0 amide bonds. The quantitative estimate of drug-likeness (QED) is 0.870. The number of benzene rings is 1. The average Bonchev–Trinajstić information content (AvgIpc) is 3.05. The first-order valence-electron chi connectivity index (χ1n) is 7.41. The van der Waals surface area contributed by atoms with Gasteiger partial charge in [-0.15, -0.1) is 0 Å². The summed E-state index contributed by atoms with van der Waals surface area (Å²) in [6.45, 7) is 2.27. The molecule has 0 saturated heterocycles. The maximum Gasteiger partial charge on any atom is 0.0613 e. The van der Waals surface area contributed by atoms with Gasteiger partial charge in [0.2, 0.25) is 0 Å². The van der Waals surface area contributed by atoms with Gasteiger partial charge < -0.3 is 15.3 Å². The van der Waals surface area contributed by atoms with E-state index in [1.807, 2.05) is 0 Å². The summed E-state index contributed by atoms with van der Waals surface area (Å²) < 4.78 is 0. The first kappa shape index (κ1) is 12.9. The van der Waals surface area contributed by atoms with Gasteiger partial charge in [-0.05, 0) is 36.5 Å². The van der Waals surface area contributed by atoms with Crippen molar-refractivity contribution in [2.75, 3.05) is 25.1 Å². The fourth-order valence-electron chi connectivity index (χ4n) is 3.46. The Balaban J connectivity index is 1.67. The van der Waals surface area contributed by atoms with Crippen LogP contribution in [0.5, 0.6) is 0 Å². The fourth-order valence-corrected chi connectivity index (χ4v) is 3.46. The molecule has 0 bridgehead atoms. The number of anilines is 1. The van der Waals surface area contributed by atoms with Gasteiger partial charge in [-0.1, -0.05) is 25.0 Å². The standard InChI is InChI=1S/C16H24N2O/c1-18-9-6-14-10-13(4-5-15(14)18)11-17-16(12-19)7-2-3-8-16/h4-5,10,17,19H,2-3,6-9,11-12H2,1H3. The Labute approximate surface area is 115 Å². The number of nitrogens with one attached hydrogen (secondary N) is 1. The summed E-state index contributed by atoms with van der Waals surface area (Å²) in [6, 6.07) is 6.78. The molecule has 3 rings (SSSR count). The molecule has 0 aromatic heterocycles. The molecule has 1 aliphatic heterocycles. The number of hydrogen-bond acceptors (Lipinski definition) is 3. The van der Waals surface area contributed by atoms with Crippen LogP contribution in [-0.4, -0.2) is 30.8 Å². The molecule has 0 atom stereocenters. The van der Waals surface area contributed by atoms with Crippen LogP contribution in [0.1, 0.15) is 36.8 Å². The summed E-state index contributed by atoms with van der Waals surface area (Å²) in [5, 5.41) is 13.2. The van der Waals surface area contributed by atoms with Gasteiger partial charge in [0.05, 0.1) is 6.61 Å². The van der Waals surface area contributed by atoms with E-state index in [-0.39, 0.29) is 12.1 Å². The van der Waals surface area contributed by atoms with Gasteiger partial charge in [-0.25, -0.2) is 0 Å². The van der Waals surface area contributed by atoms with Crippen molar-refractivity contribution in [1.29, 1.82) is 0 Å². The Hall–Kier alpha value is -1.06. The van der Waals surface area contributed by atoms with Crippen LogP contribution in [0.2, 0.25) is 0 Å². The largest absolute Gasteiger partial charge is 0.394 e. The van der Waals surface area contributed by atoms with Crippen LogP contribution < -0.4 is 10.2 Å². The van der Waals surface area contributed by atoms with Gasteiger partial charge >= 0.3 is 0 Å². The highest BCUT2D eigenvalue weighted by molar-refractivity contribution is 5.58. The number of nitrogens with zero attached hydrogens (tertiary/aromatic N) is 1. The lowest BCUT2D eigenvalue weighted by Gasteiger charge is -2.28. The molecular formula is C16H24N2O. The topological polar surface area (TPSA) is 35.5 Å². The minimum atomic E-state index is -0.0180. The van der Waals surface area contributed by atoms with E-state index in [1.165, 1.54) is 29.7 Å². The number of likely N-dealkylation sites (N-methyl/N-ethyl adjacent to an activating group) is 1. The van der Waals surface area contributed by atoms with E-state index in [0.717, 1.165) is 32.4 Å². The van der Waals surface area contributed by atoms with Gasteiger partial charge in [-0.3, -0.25) is 0 Å². The van der Waals surface area contributed by atoms with Crippen molar-refractivity contribution in [1.82, 2.24) is 5.32 Å². The Bertz CT molecular complexity index is 452. The molecule has 3 heteroatoms. The first-order valence-corrected chi connectivity index (χ1v) is 7.41. The van der Waals surface area contributed by atoms with Crippen LogP contribution in [0.25, 0.3) is 0 Å². The van der Waals surface area contributed by atoms with E-state index in [4.69, 9.17) is 0 Å². The predicted octanol–water partition coefficient (Wildman–Crippen LogP) is 2.07. The van der Waals surface area contributed by atoms with Gasteiger partial charge in [0, 0.05) is 31.4 Å². The van der Waals surface area contributed by atoms with Crippen LogP contribution >= 0.6 is 0 Å². The summed E-state index contributed by atoms with van der Waals surface area (Å²) in [5.41, 5.74) is 4.16. The Morgan fingerprint density at radius 3 is 2.84 bits per heavy atom. The molecule has 2 N–H and O–H groups in total. The Morgan fingerprint density at radius 2 is 2.11 bits per heavy atom. The number of aliphatic hydroxyl groups excluding tert-OH is 1. The van der Waals surface area contributed by atoms with Crippen LogP contribution in [0, 0.1) is 0 Å². The lowest BCUT2D eigenvalue weighted by Crippen LogP contribution is -2.45. The van der Waals surface area contributed by atoms with E-state index >= 15 is 0 Å². The Kier molecular flexibility index (Phi) is 3.50. The number of fused-ring (bicyclic) bond motifs is 1. The summed E-state index contributed by atoms with van der Waals surface area (Å²) in [6.07, 6.45) is 5.85. The lowest BCUT2D eigenvalue weighted by molar-refractivity contribution is 0.163. The van der Waals surface area contributed by atoms with Crippen molar-refractivity contribution in [3.05, 3.63) is 29.3 Å². The molecular weight excluding hydrogens is 236 g/mol. The van der Waals surface area contributed by atoms with Crippen molar-refractivity contribution < 1.29 is 5.11 Å². The number of aliphatic hydroxyl groups is 1. The van der Waals surface area contributed by atoms with Gasteiger partial charge in [0.25, 0.3) is 0 Å². The SMILES string of the molecule is CN1CCc2cc(CNC3(CO)CCCC3)ccc21. The molecule has 1 aliphatic carbocycles. The molecule has 3 nitrogen and oxygen atoms in total. The van der Waals surface area contributed by atoms with Crippen molar-refractivity contribution in [2.45, 2.75) is 44.2 Å². The van der Waals surface area contributed by atoms with Crippen LogP contribution in [-0.2, 0) is 13.0 Å². The highest BCUT2D eigenvalue weighted by atomic mass is 16.3. The zero-order valence-corrected chi connectivity index (χ0v) is 11.8. The summed E-state index contributed by atoms with van der Waals surface area (Å²) >= 11 is 0. The van der Waals surface area contributed by atoms with Crippen LogP contribution in [0.4, 0.5) is 5.69 Å². The third kappa shape index (κ3) is 2.49. The molecule has 0 radical (unpaired) electrons. The number of hydrogen-bond donors (Lipinski definition) is 2. The summed E-state index contributed by atoms with van der Waals surface area (Å²) in [4.78, 5) is 2.32. The third-order valence-electron chi connectivity index (χ3n) is 4.80. The van der Waals surface area contributed by atoms with Gasteiger partial charge in [0.15, 0.2) is 0 Å². The zero-order chi connectivity index (χ0) is 13.3. The van der Waals surface area contributed by atoms with Gasteiger partial charge in [0.1, 0.15) is 0 Å². The smallest absolute Gasteiger partial charge is 0.0613 e. The second kappa shape index (κ2) is 5.14. The second-order valence-electron chi connectivity index (χ2n) is 6.13. The molecule has 1 saturated carbocycles. The van der Waals surface area contributed by atoms with Crippen molar-refractivity contribution in [3.63, 3.8) is 0 Å². The highest BCUT2D eigenvalue weighted by Gasteiger charge is 2.32. The normalized spacial score (nSPS) is 20.8. The average molecular weight is 260 g/mol. The third-order valence-corrected chi connectivity index (χ3v) is 4.80. The van der Waals surface area contributed by atoms with Crippen molar-refractivity contribution >= 4 is 5.69 Å². The first-order chi connectivity index (χ1) is 9.22. The molecule has 0 spiro atoms. The second-order valence-corrected chi connectivity index (χ2v) is 6.13. The molecule has 0 unspecified atom stereocenters. The molecule has 1 fully saturated rings. The molecule has 19 heavy (non-hydrogen) atoms. The zero-order valence-electron chi connectivity index (χ0n) is 11.8. The highest BCUT2D eigenvalue weighted by Crippen LogP contribution is 2.30. The van der Waals surface area contributed by atoms with E-state index in [0.29, 0.717) is 0 Å². The van der Waals surface area contributed by atoms with Crippen molar-refractivity contribution in [2.24, 2.45) is 0 Å². The molecule has 104 valence electrons. The monoisotopic (exact) mass is 260 g/mol. The van der Waals surface area contributed by atoms with Crippen LogP contribution in [0.3, 0.4) is 0 Å². The van der Waals surface area contributed by atoms with E-state index in [9.17, 15) is 5.11 Å². The Morgan fingerprint density at radius 1 is 1.32 bits per heavy atom.